The number of carboxylic acids is 1. The zero-order valence-electron chi connectivity index (χ0n) is 23.2. The van der Waals surface area contributed by atoms with Gasteiger partial charge >= 0.3 is 29.8 Å². The van der Waals surface area contributed by atoms with Crippen LogP contribution in [0.25, 0.3) is 10.9 Å². The number of benzene rings is 1. The van der Waals surface area contributed by atoms with Crippen LogP contribution < -0.4 is 0 Å². The Labute approximate surface area is 232 Å². The lowest BCUT2D eigenvalue weighted by atomic mass is 10.0. The Balaban J connectivity index is 0.00000103. The van der Waals surface area contributed by atoms with E-state index in [2.05, 4.69) is 4.98 Å². The van der Waals surface area contributed by atoms with Crippen LogP contribution in [0.1, 0.15) is 65.4 Å². The molecular formula is C28H37NO11. The molecule has 1 aliphatic heterocycles. The molecule has 2 N–H and O–H groups in total. The van der Waals surface area contributed by atoms with Crippen LogP contribution in [0, 0.1) is 0 Å². The summed E-state index contributed by atoms with van der Waals surface area (Å²) >= 11 is 0. The number of hydrogen-bond donors (Lipinski definition) is 2. The van der Waals surface area contributed by atoms with Crippen LogP contribution in [0.15, 0.2) is 30.5 Å². The predicted molar refractivity (Wildman–Crippen MR) is 141 cm³/mol. The summed E-state index contributed by atoms with van der Waals surface area (Å²) in [7, 11) is 0. The summed E-state index contributed by atoms with van der Waals surface area (Å²) in [5, 5.41) is 8.62. The number of hydrogen-bond acceptors (Lipinski definition) is 10. The normalized spacial score (nSPS) is 20.0. The molecule has 2 heterocycles. The fraction of sp³-hybridized carbons (Fsp3) is 0.536. The summed E-state index contributed by atoms with van der Waals surface area (Å²) in [5.41, 5.74) is 1.66. The van der Waals surface area contributed by atoms with Crippen molar-refractivity contribution in [1.29, 1.82) is 0 Å². The van der Waals surface area contributed by atoms with Gasteiger partial charge in [-0.25, -0.2) is 0 Å². The van der Waals surface area contributed by atoms with E-state index in [-0.39, 0.29) is 45.1 Å². The van der Waals surface area contributed by atoms with Gasteiger partial charge in [-0.1, -0.05) is 45.9 Å². The minimum atomic E-state index is -1.09. The molecule has 4 atom stereocenters. The second-order valence-corrected chi connectivity index (χ2v) is 8.84. The van der Waals surface area contributed by atoms with Crippen molar-refractivity contribution in [2.75, 3.05) is 6.61 Å². The average Bonchev–Trinajstić information content (AvgIpc) is 3.35. The Morgan fingerprint density at radius 2 is 1.50 bits per heavy atom. The molecule has 12 heteroatoms. The van der Waals surface area contributed by atoms with Crippen molar-refractivity contribution in [1.82, 2.24) is 4.98 Å². The SMILES string of the molecule is CCC(=O)O.CCC(=O)OC[C@H]1O[C@@H](OC(=O)Cc2c[nH]c3ccccc23)C[C@@H](OC(=O)CC)[C@@H]1OC(=O)CC. The summed E-state index contributed by atoms with van der Waals surface area (Å²) in [6.45, 7) is 6.24. The molecule has 1 aromatic heterocycles. The van der Waals surface area contributed by atoms with Crippen LogP contribution in [-0.4, -0.2) is 71.1 Å². The van der Waals surface area contributed by atoms with Gasteiger partial charge in [-0.05, 0) is 11.6 Å². The van der Waals surface area contributed by atoms with E-state index >= 15 is 0 Å². The molecule has 0 radical (unpaired) electrons. The van der Waals surface area contributed by atoms with Gasteiger partial charge < -0.3 is 33.8 Å². The number of nitrogens with one attached hydrogen (secondary N) is 1. The van der Waals surface area contributed by atoms with E-state index in [1.165, 1.54) is 0 Å². The summed E-state index contributed by atoms with van der Waals surface area (Å²) in [6.07, 6.45) is -1.79. The Hall–Kier alpha value is -3.93. The molecular weight excluding hydrogens is 526 g/mol. The Bertz CT molecular complexity index is 1160. The molecule has 40 heavy (non-hydrogen) atoms. The molecule has 0 saturated carbocycles. The molecule has 220 valence electrons. The van der Waals surface area contributed by atoms with Gasteiger partial charge in [0, 0.05) is 42.8 Å². The number of aromatic nitrogens is 1. The smallest absolute Gasteiger partial charge is 0.312 e. The van der Waals surface area contributed by atoms with Crippen molar-refractivity contribution < 1.29 is 52.8 Å². The van der Waals surface area contributed by atoms with Crippen molar-refractivity contribution in [3.05, 3.63) is 36.0 Å². The average molecular weight is 564 g/mol. The van der Waals surface area contributed by atoms with Gasteiger partial charge in [0.2, 0.25) is 6.29 Å². The van der Waals surface area contributed by atoms with Gasteiger partial charge in [-0.3, -0.25) is 24.0 Å². The van der Waals surface area contributed by atoms with Crippen molar-refractivity contribution in [2.24, 2.45) is 0 Å². The molecule has 3 rings (SSSR count). The lowest BCUT2D eigenvalue weighted by Gasteiger charge is -2.39. The van der Waals surface area contributed by atoms with Crippen LogP contribution in [0.2, 0.25) is 0 Å². The fourth-order valence-electron chi connectivity index (χ4n) is 3.75. The zero-order chi connectivity index (χ0) is 29.7. The van der Waals surface area contributed by atoms with Crippen molar-refractivity contribution in [3.8, 4) is 0 Å². The highest BCUT2D eigenvalue weighted by atomic mass is 16.7. The van der Waals surface area contributed by atoms with Gasteiger partial charge in [0.25, 0.3) is 0 Å². The first-order chi connectivity index (χ1) is 19.1. The van der Waals surface area contributed by atoms with Crippen molar-refractivity contribution in [3.63, 3.8) is 0 Å². The number of rotatable bonds is 11. The standard InChI is InChI=1S/C25H31NO9.C3H6O2/c1-4-20(27)31-14-19-25(35-22(29)6-3)18(32-21(28)5-2)12-24(33-19)34-23(30)11-15-13-26-17-10-8-7-9-16(15)17;1-2-3(4)5/h7-10,13,18-19,24-26H,4-6,11-12,14H2,1-3H3;2H2,1H3,(H,4,5)/t18-,19-,24+,25+;/m1./s1. The zero-order valence-corrected chi connectivity index (χ0v) is 23.2. The van der Waals surface area contributed by atoms with Crippen LogP contribution in [0.4, 0.5) is 0 Å². The van der Waals surface area contributed by atoms with E-state index in [1.807, 2.05) is 24.3 Å². The topological polar surface area (TPSA) is 168 Å². The third-order valence-electron chi connectivity index (χ3n) is 5.88. The minimum Gasteiger partial charge on any atom is -0.481 e. The number of carbonyl (C=O) groups is 5. The molecule has 0 unspecified atom stereocenters. The lowest BCUT2D eigenvalue weighted by Crippen LogP contribution is -2.54. The fourth-order valence-corrected chi connectivity index (χ4v) is 3.75. The number of H-pyrrole nitrogens is 1. The molecule has 12 nitrogen and oxygen atoms in total. The van der Waals surface area contributed by atoms with Gasteiger partial charge in [0.05, 0.1) is 12.8 Å². The lowest BCUT2D eigenvalue weighted by molar-refractivity contribution is -0.261. The first-order valence-corrected chi connectivity index (χ1v) is 13.3. The monoisotopic (exact) mass is 563 g/mol. The molecule has 0 aliphatic carbocycles. The van der Waals surface area contributed by atoms with Gasteiger partial charge in [0.15, 0.2) is 6.10 Å². The van der Waals surface area contributed by atoms with Crippen molar-refractivity contribution in [2.45, 2.75) is 90.8 Å². The van der Waals surface area contributed by atoms with Crippen LogP contribution >= 0.6 is 0 Å². The minimum absolute atomic E-state index is 0.00692. The largest absolute Gasteiger partial charge is 0.481 e. The number of carboxylic acid groups (broad SMARTS) is 1. The first-order valence-electron chi connectivity index (χ1n) is 13.3. The molecule has 0 spiro atoms. The summed E-state index contributed by atoms with van der Waals surface area (Å²) in [5.74, 6) is -2.81. The van der Waals surface area contributed by atoms with Gasteiger partial charge in [-0.2, -0.15) is 0 Å². The maximum absolute atomic E-state index is 12.7. The van der Waals surface area contributed by atoms with E-state index in [0.29, 0.717) is 0 Å². The number of carbonyl (C=O) groups excluding carboxylic acids is 4. The number of aliphatic carboxylic acids is 1. The molecule has 1 fully saturated rings. The first kappa shape index (κ1) is 32.3. The molecule has 0 amide bonds. The highest BCUT2D eigenvalue weighted by Gasteiger charge is 2.45. The second kappa shape index (κ2) is 16.2. The van der Waals surface area contributed by atoms with Gasteiger partial charge in [0.1, 0.15) is 18.8 Å². The van der Waals surface area contributed by atoms with E-state index in [1.54, 1.807) is 33.9 Å². The molecule has 2 aromatic rings. The summed E-state index contributed by atoms with van der Waals surface area (Å²) in [6, 6.07) is 7.57. The number of para-hydroxylation sites is 1. The molecule has 0 bridgehead atoms. The molecule has 1 aromatic carbocycles. The number of esters is 4. The number of ether oxygens (including phenoxy) is 5. The number of aromatic amines is 1. The predicted octanol–water partition coefficient (Wildman–Crippen LogP) is 3.45. The highest BCUT2D eigenvalue weighted by molar-refractivity contribution is 5.87. The third kappa shape index (κ3) is 9.99. The maximum atomic E-state index is 12.7. The van der Waals surface area contributed by atoms with E-state index in [0.717, 1.165) is 16.5 Å². The van der Waals surface area contributed by atoms with Crippen LogP contribution in [0.3, 0.4) is 0 Å². The number of fused-ring (bicyclic) bond motifs is 1. The van der Waals surface area contributed by atoms with Crippen molar-refractivity contribution >= 4 is 40.7 Å². The van der Waals surface area contributed by atoms with E-state index in [9.17, 15) is 24.0 Å². The van der Waals surface area contributed by atoms with E-state index in [4.69, 9.17) is 28.8 Å². The summed E-state index contributed by atoms with van der Waals surface area (Å²) < 4.78 is 27.6. The van der Waals surface area contributed by atoms with Gasteiger partial charge in [-0.15, -0.1) is 0 Å². The second-order valence-electron chi connectivity index (χ2n) is 8.84. The maximum Gasteiger partial charge on any atom is 0.312 e. The Kier molecular flexibility index (Phi) is 13.1. The van der Waals surface area contributed by atoms with Crippen LogP contribution in [-0.2, 0) is 54.1 Å². The molecule has 1 saturated heterocycles. The summed E-state index contributed by atoms with van der Waals surface area (Å²) in [4.78, 5) is 61.1. The third-order valence-corrected chi connectivity index (χ3v) is 5.88. The van der Waals surface area contributed by atoms with Crippen LogP contribution in [0.5, 0.6) is 0 Å². The Morgan fingerprint density at radius 1 is 0.875 bits per heavy atom. The quantitative estimate of drug-likeness (QED) is 0.303. The molecule has 1 aliphatic rings. The van der Waals surface area contributed by atoms with E-state index < -0.39 is 54.4 Å². The highest BCUT2D eigenvalue weighted by Crippen LogP contribution is 2.28. The Morgan fingerprint density at radius 3 is 2.12 bits per heavy atom.